The largest absolute Gasteiger partial charge is 0.275 e. The molecule has 0 saturated heterocycles. The molecule has 0 radical (unpaired) electrons. The molecule has 2 aliphatic rings. The standard InChI is InChI=1S/C12H24N2O2/c15-13(11-7-3-1-4-8-11)14(16)12-9-5-2-6-10-12/h11-12,15-16H,1-10H2/q+2/b14-13+. The first-order valence-electron chi connectivity index (χ1n) is 6.75. The highest BCUT2D eigenvalue weighted by atomic mass is 16.6. The van der Waals surface area contributed by atoms with Crippen LogP contribution >= 0.6 is 0 Å². The van der Waals surface area contributed by atoms with E-state index in [-0.39, 0.29) is 12.1 Å². The van der Waals surface area contributed by atoms with E-state index in [4.69, 9.17) is 0 Å². The molecular weight excluding hydrogens is 204 g/mol. The summed E-state index contributed by atoms with van der Waals surface area (Å²) in [7, 11) is 0. The Bertz CT molecular complexity index is 228. The zero-order valence-corrected chi connectivity index (χ0v) is 10.0. The van der Waals surface area contributed by atoms with Crippen LogP contribution in [0, 0.1) is 0 Å². The van der Waals surface area contributed by atoms with Gasteiger partial charge in [0.1, 0.15) is 0 Å². The van der Waals surface area contributed by atoms with Gasteiger partial charge in [-0.25, -0.2) is 10.4 Å². The summed E-state index contributed by atoms with van der Waals surface area (Å²) >= 11 is 0. The van der Waals surface area contributed by atoms with E-state index >= 15 is 0 Å². The van der Waals surface area contributed by atoms with Gasteiger partial charge in [-0.1, -0.05) is 12.8 Å². The predicted molar refractivity (Wildman–Crippen MR) is 57.8 cm³/mol. The van der Waals surface area contributed by atoms with E-state index in [9.17, 15) is 10.4 Å². The average molecular weight is 228 g/mol. The predicted octanol–water partition coefficient (Wildman–Crippen LogP) is 2.91. The van der Waals surface area contributed by atoms with Gasteiger partial charge in [0, 0.05) is 25.7 Å². The molecular formula is C12H24N2O2+2. The number of nitrogens with zero attached hydrogens (tertiary/aromatic N) is 2. The molecule has 2 saturated carbocycles. The molecule has 92 valence electrons. The van der Waals surface area contributed by atoms with E-state index in [1.165, 1.54) is 38.5 Å². The zero-order chi connectivity index (χ0) is 11.4. The molecule has 2 aliphatic carbocycles. The summed E-state index contributed by atoms with van der Waals surface area (Å²) in [6, 6.07) is 0.251. The van der Waals surface area contributed by atoms with Crippen LogP contribution in [0.5, 0.6) is 0 Å². The third kappa shape index (κ3) is 2.66. The Kier molecular flexibility index (Phi) is 4.02. The van der Waals surface area contributed by atoms with Gasteiger partial charge in [0.05, 0.1) is 0 Å². The van der Waals surface area contributed by atoms with E-state index in [0.717, 1.165) is 35.4 Å². The van der Waals surface area contributed by atoms with Crippen molar-refractivity contribution in [2.75, 3.05) is 0 Å². The first kappa shape index (κ1) is 11.7. The number of hydrogen-bond acceptors (Lipinski definition) is 0. The fraction of sp³-hybridized carbons (Fsp3) is 1.00. The number of rotatable bonds is 2. The molecule has 4 nitrogen and oxygen atoms in total. The molecule has 0 bridgehead atoms. The summed E-state index contributed by atoms with van der Waals surface area (Å²) in [6.45, 7) is 0. The van der Waals surface area contributed by atoms with Crippen molar-refractivity contribution in [3.05, 3.63) is 0 Å². The molecule has 2 rings (SSSR count). The Balaban J connectivity index is 1.99. The minimum Gasteiger partial charge on any atom is -0.233 e. The van der Waals surface area contributed by atoms with Crippen LogP contribution in [0.1, 0.15) is 64.2 Å². The highest BCUT2D eigenvalue weighted by molar-refractivity contribution is 4.63. The molecule has 0 aromatic rings. The Hall–Kier alpha value is -0.800. The minimum atomic E-state index is 0.126. The lowest BCUT2D eigenvalue weighted by atomic mass is 9.95. The van der Waals surface area contributed by atoms with Gasteiger partial charge in [-0.15, -0.1) is 0 Å². The molecule has 0 aromatic carbocycles. The lowest BCUT2D eigenvalue weighted by molar-refractivity contribution is -1.23. The number of azo groups is 1. The van der Waals surface area contributed by atoms with Gasteiger partial charge in [0.15, 0.2) is 0 Å². The molecule has 0 spiro atoms. The lowest BCUT2D eigenvalue weighted by Gasteiger charge is -2.14. The smallest absolute Gasteiger partial charge is 0.233 e. The van der Waals surface area contributed by atoms with Gasteiger partial charge in [-0.3, -0.25) is 0 Å². The molecule has 0 atom stereocenters. The molecule has 0 unspecified atom stereocenters. The van der Waals surface area contributed by atoms with Crippen molar-refractivity contribution in [3.63, 3.8) is 0 Å². The number of hydrogen-bond donors (Lipinski definition) is 2. The maximum Gasteiger partial charge on any atom is 0.275 e. The second-order valence-corrected chi connectivity index (χ2v) is 5.22. The molecule has 0 aromatic heterocycles. The van der Waals surface area contributed by atoms with E-state index in [1.54, 1.807) is 0 Å². The molecule has 2 fully saturated rings. The van der Waals surface area contributed by atoms with E-state index in [0.29, 0.717) is 0 Å². The van der Waals surface area contributed by atoms with Crippen molar-refractivity contribution in [1.29, 1.82) is 0 Å². The number of hydroxylamine groups is 2. The SMILES string of the molecule is O/[N+](C1CCCCC1)=[N+](/O)C1CCCCC1. The normalized spacial score (nSPS) is 26.5. The van der Waals surface area contributed by atoms with Crippen LogP contribution in [0.4, 0.5) is 0 Å². The molecule has 0 amide bonds. The van der Waals surface area contributed by atoms with Crippen LogP contribution in [0.15, 0.2) is 0 Å². The molecule has 16 heavy (non-hydrogen) atoms. The van der Waals surface area contributed by atoms with Crippen molar-refractivity contribution in [1.82, 2.24) is 0 Å². The fourth-order valence-electron chi connectivity index (χ4n) is 2.96. The fourth-order valence-corrected chi connectivity index (χ4v) is 2.96. The monoisotopic (exact) mass is 228 g/mol. The van der Waals surface area contributed by atoms with Crippen molar-refractivity contribution in [2.45, 2.75) is 76.3 Å². The highest BCUT2D eigenvalue weighted by Gasteiger charge is 2.39. The minimum absolute atomic E-state index is 0.126. The van der Waals surface area contributed by atoms with Gasteiger partial charge in [0.25, 0.3) is 12.1 Å². The quantitative estimate of drug-likeness (QED) is 0.433. The Morgan fingerprint density at radius 2 is 0.875 bits per heavy atom. The first-order chi connectivity index (χ1) is 7.79. The molecule has 0 heterocycles. The summed E-state index contributed by atoms with van der Waals surface area (Å²) in [4.78, 5) is 2.21. The highest BCUT2D eigenvalue weighted by Crippen LogP contribution is 2.22. The van der Waals surface area contributed by atoms with E-state index in [1.807, 2.05) is 0 Å². The Morgan fingerprint density at radius 1 is 0.562 bits per heavy atom. The summed E-state index contributed by atoms with van der Waals surface area (Å²) in [5.41, 5.74) is 0. The maximum atomic E-state index is 10.0. The van der Waals surface area contributed by atoms with Gasteiger partial charge in [-0.05, 0) is 25.7 Å². The third-order valence-electron chi connectivity index (χ3n) is 4.01. The van der Waals surface area contributed by atoms with E-state index < -0.39 is 0 Å². The van der Waals surface area contributed by atoms with Crippen LogP contribution in [0.25, 0.3) is 0 Å². The summed E-state index contributed by atoms with van der Waals surface area (Å²) < 4.78 is 0. The third-order valence-corrected chi connectivity index (χ3v) is 4.01. The van der Waals surface area contributed by atoms with Crippen LogP contribution < -0.4 is 0 Å². The van der Waals surface area contributed by atoms with Crippen molar-refractivity contribution in [2.24, 2.45) is 0 Å². The Labute approximate surface area is 97.1 Å². The zero-order valence-electron chi connectivity index (χ0n) is 10.0. The summed E-state index contributed by atoms with van der Waals surface area (Å²) in [5, 5.41) is 20.0. The van der Waals surface area contributed by atoms with Gasteiger partial charge in [-0.2, -0.15) is 0 Å². The van der Waals surface area contributed by atoms with Crippen molar-refractivity contribution < 1.29 is 20.1 Å². The first-order valence-corrected chi connectivity index (χ1v) is 6.75. The lowest BCUT2D eigenvalue weighted by Crippen LogP contribution is -2.39. The average Bonchev–Trinajstić information content (AvgIpc) is 2.39. The summed E-state index contributed by atoms with van der Waals surface area (Å²) in [6.07, 6.45) is 11.2. The van der Waals surface area contributed by atoms with Crippen LogP contribution in [-0.2, 0) is 0 Å². The Morgan fingerprint density at radius 3 is 1.19 bits per heavy atom. The topological polar surface area (TPSA) is 46.5 Å². The van der Waals surface area contributed by atoms with E-state index in [2.05, 4.69) is 0 Å². The second-order valence-electron chi connectivity index (χ2n) is 5.22. The maximum absolute atomic E-state index is 10.0. The van der Waals surface area contributed by atoms with Gasteiger partial charge < -0.3 is 0 Å². The van der Waals surface area contributed by atoms with Crippen molar-refractivity contribution in [3.8, 4) is 0 Å². The van der Waals surface area contributed by atoms with Crippen molar-refractivity contribution >= 4 is 0 Å². The summed E-state index contributed by atoms with van der Waals surface area (Å²) in [5.74, 6) is 0. The van der Waals surface area contributed by atoms with Gasteiger partial charge in [0.2, 0.25) is 9.72 Å². The molecule has 2 N–H and O–H groups in total. The molecule has 0 aliphatic heterocycles. The van der Waals surface area contributed by atoms with Crippen LogP contribution in [0.2, 0.25) is 0 Å². The van der Waals surface area contributed by atoms with Gasteiger partial charge >= 0.3 is 0 Å². The second kappa shape index (κ2) is 5.51. The molecule has 4 heteroatoms. The van der Waals surface area contributed by atoms with Crippen LogP contribution in [-0.4, -0.2) is 32.2 Å². The van der Waals surface area contributed by atoms with Crippen LogP contribution in [0.3, 0.4) is 0 Å².